The third kappa shape index (κ3) is 3.47. The van der Waals surface area contributed by atoms with Crippen LogP contribution in [0.15, 0.2) is 23.4 Å². The number of rotatable bonds is 2. The Kier molecular flexibility index (Phi) is 4.40. The van der Waals surface area contributed by atoms with Gasteiger partial charge < -0.3 is 9.64 Å². The van der Waals surface area contributed by atoms with Crippen molar-refractivity contribution in [3.05, 3.63) is 35.4 Å². The lowest BCUT2D eigenvalue weighted by Crippen LogP contribution is -2.40. The first-order chi connectivity index (χ1) is 9.18. The molecular formula is C12H12F2N2O3. The number of hydrogen-bond donors (Lipinski definition) is 0. The fourth-order valence-corrected chi connectivity index (χ4v) is 1.55. The molecule has 1 aromatic rings. The number of benzene rings is 1. The molecule has 0 bridgehead atoms. The van der Waals surface area contributed by atoms with Crippen molar-refractivity contribution in [2.24, 2.45) is 5.16 Å². The van der Waals surface area contributed by atoms with Crippen molar-refractivity contribution in [1.29, 1.82) is 0 Å². The van der Waals surface area contributed by atoms with Crippen molar-refractivity contribution in [3.8, 4) is 0 Å². The number of nitrogens with zero attached hydrogens (tertiary/aromatic N) is 2. The minimum atomic E-state index is -1.03. The normalized spacial score (nSPS) is 15.8. The summed E-state index contributed by atoms with van der Waals surface area (Å²) in [6, 6.07) is 3.65. The molecule has 102 valence electrons. The Balaban J connectivity index is 1.92. The van der Waals surface area contributed by atoms with E-state index in [4.69, 9.17) is 4.74 Å². The molecule has 0 unspecified atom stereocenters. The van der Waals surface area contributed by atoms with Crippen LogP contribution < -0.4 is 0 Å². The number of carbonyl (C=O) groups excluding carboxylic acids is 1. The highest BCUT2D eigenvalue weighted by Gasteiger charge is 2.18. The average Bonchev–Trinajstić information content (AvgIpc) is 2.44. The van der Waals surface area contributed by atoms with Gasteiger partial charge in [-0.1, -0.05) is 17.3 Å². The fraction of sp³-hybridized carbons (Fsp3) is 0.333. The topological polar surface area (TPSA) is 51.1 Å². The van der Waals surface area contributed by atoms with E-state index in [0.29, 0.717) is 26.3 Å². The van der Waals surface area contributed by atoms with E-state index in [-0.39, 0.29) is 5.56 Å². The molecule has 2 rings (SSSR count). The van der Waals surface area contributed by atoms with Crippen molar-refractivity contribution < 1.29 is 23.1 Å². The van der Waals surface area contributed by atoms with E-state index in [1.54, 1.807) is 0 Å². The van der Waals surface area contributed by atoms with Gasteiger partial charge in [-0.3, -0.25) is 4.84 Å². The SMILES string of the molecule is O=C(O/N=C/c1cccc(F)c1F)N1CCOCC1. The van der Waals surface area contributed by atoms with Gasteiger partial charge in [0, 0.05) is 18.7 Å². The number of morpholine rings is 1. The summed E-state index contributed by atoms with van der Waals surface area (Å²) in [5.74, 6) is -2.02. The molecule has 1 fully saturated rings. The van der Waals surface area contributed by atoms with E-state index >= 15 is 0 Å². The van der Waals surface area contributed by atoms with Gasteiger partial charge in [-0.2, -0.15) is 0 Å². The molecule has 1 aliphatic rings. The first-order valence-electron chi connectivity index (χ1n) is 5.69. The third-order valence-electron chi connectivity index (χ3n) is 2.57. The van der Waals surface area contributed by atoms with Gasteiger partial charge in [0.25, 0.3) is 0 Å². The molecule has 1 saturated heterocycles. The van der Waals surface area contributed by atoms with E-state index in [0.717, 1.165) is 12.3 Å². The Morgan fingerprint density at radius 3 is 2.84 bits per heavy atom. The van der Waals surface area contributed by atoms with Crippen LogP contribution in [0.4, 0.5) is 13.6 Å². The predicted octanol–water partition coefficient (Wildman–Crippen LogP) is 1.77. The minimum absolute atomic E-state index is 0.0882. The molecule has 19 heavy (non-hydrogen) atoms. The number of ether oxygens (including phenoxy) is 1. The molecule has 0 aromatic heterocycles. The van der Waals surface area contributed by atoms with Crippen molar-refractivity contribution in [3.63, 3.8) is 0 Å². The number of hydrogen-bond acceptors (Lipinski definition) is 4. The highest BCUT2D eigenvalue weighted by atomic mass is 19.2. The predicted molar refractivity (Wildman–Crippen MR) is 62.8 cm³/mol. The summed E-state index contributed by atoms with van der Waals surface area (Å²) in [4.78, 5) is 17.5. The van der Waals surface area contributed by atoms with Crippen LogP contribution in [0, 0.1) is 11.6 Å². The maximum atomic E-state index is 13.2. The fourth-order valence-electron chi connectivity index (χ4n) is 1.55. The number of amides is 1. The largest absolute Gasteiger partial charge is 0.436 e. The zero-order valence-corrected chi connectivity index (χ0v) is 10.0. The van der Waals surface area contributed by atoms with Crippen LogP contribution in [-0.4, -0.2) is 43.5 Å². The minimum Gasteiger partial charge on any atom is -0.378 e. The molecule has 0 atom stereocenters. The van der Waals surface area contributed by atoms with E-state index < -0.39 is 17.7 Å². The van der Waals surface area contributed by atoms with E-state index in [2.05, 4.69) is 9.99 Å². The maximum Gasteiger partial charge on any atom is 0.436 e. The molecule has 7 heteroatoms. The Labute approximate surface area is 108 Å². The van der Waals surface area contributed by atoms with Crippen molar-refractivity contribution >= 4 is 12.3 Å². The zero-order chi connectivity index (χ0) is 13.7. The van der Waals surface area contributed by atoms with Crippen molar-refractivity contribution in [2.75, 3.05) is 26.3 Å². The number of halogens is 2. The molecule has 0 saturated carbocycles. The summed E-state index contributed by atoms with van der Waals surface area (Å²) in [5, 5.41) is 3.35. The van der Waals surface area contributed by atoms with Crippen LogP contribution in [0.3, 0.4) is 0 Å². The number of oxime groups is 1. The molecular weight excluding hydrogens is 258 g/mol. The molecule has 0 radical (unpaired) electrons. The Morgan fingerprint density at radius 1 is 1.37 bits per heavy atom. The van der Waals surface area contributed by atoms with Crippen LogP contribution >= 0.6 is 0 Å². The van der Waals surface area contributed by atoms with Gasteiger partial charge in [0.2, 0.25) is 0 Å². The lowest BCUT2D eigenvalue weighted by atomic mass is 10.2. The molecule has 1 aliphatic heterocycles. The van der Waals surface area contributed by atoms with Gasteiger partial charge >= 0.3 is 6.09 Å². The molecule has 0 spiro atoms. The lowest BCUT2D eigenvalue weighted by Gasteiger charge is -2.24. The highest BCUT2D eigenvalue weighted by molar-refractivity contribution is 5.80. The van der Waals surface area contributed by atoms with E-state index in [1.165, 1.54) is 17.0 Å². The molecule has 1 amide bonds. The van der Waals surface area contributed by atoms with E-state index in [1.807, 2.05) is 0 Å². The summed E-state index contributed by atoms with van der Waals surface area (Å²) in [7, 11) is 0. The summed E-state index contributed by atoms with van der Waals surface area (Å²) in [6.45, 7) is 1.72. The van der Waals surface area contributed by atoms with Crippen LogP contribution in [0.5, 0.6) is 0 Å². The summed E-state index contributed by atoms with van der Waals surface area (Å²) < 4.78 is 31.2. The van der Waals surface area contributed by atoms with Crippen molar-refractivity contribution in [2.45, 2.75) is 0 Å². The van der Waals surface area contributed by atoms with Crippen LogP contribution in [0.1, 0.15) is 5.56 Å². The van der Waals surface area contributed by atoms with E-state index in [9.17, 15) is 13.6 Å². The second-order valence-corrected chi connectivity index (χ2v) is 3.83. The Hall–Kier alpha value is -2.02. The smallest absolute Gasteiger partial charge is 0.378 e. The monoisotopic (exact) mass is 270 g/mol. The van der Waals surface area contributed by atoms with Crippen LogP contribution in [-0.2, 0) is 9.57 Å². The van der Waals surface area contributed by atoms with Gasteiger partial charge in [-0.05, 0) is 6.07 Å². The maximum absolute atomic E-state index is 13.2. The van der Waals surface area contributed by atoms with Crippen LogP contribution in [0.2, 0.25) is 0 Å². The summed E-state index contributed by atoms with van der Waals surface area (Å²) >= 11 is 0. The molecule has 1 aromatic carbocycles. The third-order valence-corrected chi connectivity index (χ3v) is 2.57. The summed E-state index contributed by atoms with van der Waals surface area (Å²) in [6.07, 6.45) is 0.313. The highest BCUT2D eigenvalue weighted by Crippen LogP contribution is 2.09. The Bertz CT molecular complexity index is 488. The molecule has 1 heterocycles. The van der Waals surface area contributed by atoms with Gasteiger partial charge in [0.15, 0.2) is 11.6 Å². The number of carbonyl (C=O) groups is 1. The quantitative estimate of drug-likeness (QED) is 0.467. The Morgan fingerprint density at radius 2 is 2.11 bits per heavy atom. The first-order valence-corrected chi connectivity index (χ1v) is 5.69. The summed E-state index contributed by atoms with van der Waals surface area (Å²) in [5.41, 5.74) is -0.0882. The van der Waals surface area contributed by atoms with Gasteiger partial charge in [0.1, 0.15) is 0 Å². The average molecular weight is 270 g/mol. The molecule has 5 nitrogen and oxygen atoms in total. The molecule has 0 N–H and O–H groups in total. The van der Waals surface area contributed by atoms with Gasteiger partial charge in [-0.15, -0.1) is 0 Å². The molecule has 0 aliphatic carbocycles. The zero-order valence-electron chi connectivity index (χ0n) is 10.0. The second-order valence-electron chi connectivity index (χ2n) is 3.83. The van der Waals surface area contributed by atoms with Gasteiger partial charge in [0.05, 0.1) is 19.4 Å². The van der Waals surface area contributed by atoms with Crippen LogP contribution in [0.25, 0.3) is 0 Å². The second kappa shape index (κ2) is 6.24. The standard InChI is InChI=1S/C12H12F2N2O3/c13-10-3-1-2-9(11(10)14)8-15-19-12(17)16-4-6-18-7-5-16/h1-3,8H,4-7H2/b15-8+. The first kappa shape index (κ1) is 13.4. The van der Waals surface area contributed by atoms with Crippen molar-refractivity contribution in [1.82, 2.24) is 4.90 Å². The lowest BCUT2D eigenvalue weighted by molar-refractivity contribution is 0.0281. The van der Waals surface area contributed by atoms with Gasteiger partial charge in [-0.25, -0.2) is 13.6 Å².